The number of nitro groups is 1. The van der Waals surface area contributed by atoms with Gasteiger partial charge in [-0.05, 0) is 119 Å². The molecule has 6 aromatic rings. The van der Waals surface area contributed by atoms with Gasteiger partial charge in [0, 0.05) is 111 Å². The SMILES string of the molecule is CC(C)Oc1ccccc1[C@@H]1CN([C@@H]2COc3ncccc3C2)CCN1C1CC2(CCN(c3ccc(C(=O)NS(=O)(=O)c4cc5c(c([N+](=O)[O-])c4)N[C@H](C4CCOCC4)CO5)c(N4c5cc6cc[nH]c6nc5O[C@H]5COCC[C@@H]54)c3)CC2)C1. The molecule has 10 heterocycles. The smallest absolute Gasteiger partial charge is 0.297 e. The molecule has 7 aliphatic heterocycles. The molecule has 1 spiro atoms. The zero-order valence-electron chi connectivity index (χ0n) is 46.7. The maximum absolute atomic E-state index is 15.0. The number of fused-ring (bicyclic) bond motifs is 5. The van der Waals surface area contributed by atoms with Crippen LogP contribution >= 0.6 is 0 Å². The van der Waals surface area contributed by atoms with Crippen molar-refractivity contribution in [2.24, 2.45) is 11.3 Å². The number of aromatic nitrogens is 3. The number of hydrogen-bond acceptors (Lipinski definition) is 18. The molecule has 3 aromatic heterocycles. The van der Waals surface area contributed by atoms with Crippen molar-refractivity contribution in [2.45, 2.75) is 113 Å². The highest BCUT2D eigenvalue weighted by Crippen LogP contribution is 2.54. The Bertz CT molecular complexity index is 3560. The number of benzene rings is 3. The second kappa shape index (κ2) is 21.7. The maximum Gasteiger partial charge on any atom is 0.297 e. The van der Waals surface area contributed by atoms with Gasteiger partial charge in [-0.3, -0.25) is 24.7 Å². The summed E-state index contributed by atoms with van der Waals surface area (Å²) in [6, 6.07) is 24.7. The first-order chi connectivity index (χ1) is 40.3. The molecule has 0 bridgehead atoms. The Hall–Kier alpha value is -7.24. The normalized spacial score (nSPS) is 24.7. The second-order valence-electron chi connectivity index (χ2n) is 24.0. The average molecular weight is 1150 g/mol. The van der Waals surface area contributed by atoms with Crippen LogP contribution in [-0.2, 0) is 25.9 Å². The third-order valence-corrected chi connectivity index (χ3v) is 20.1. The number of piperazine rings is 1. The molecule has 5 atom stereocenters. The molecule has 1 amide bonds. The number of para-hydroxylation sites is 1. The number of H-pyrrole nitrogens is 1. The van der Waals surface area contributed by atoms with E-state index in [0.717, 1.165) is 112 Å². The third-order valence-electron chi connectivity index (χ3n) is 18.8. The van der Waals surface area contributed by atoms with E-state index in [2.05, 4.69) is 83.8 Å². The molecule has 3 aromatic carbocycles. The largest absolute Gasteiger partial charge is 0.491 e. The Labute approximate surface area is 482 Å². The predicted octanol–water partition coefficient (Wildman–Crippen LogP) is 8.17. The van der Waals surface area contributed by atoms with Crippen LogP contribution in [0, 0.1) is 21.4 Å². The molecule has 0 radical (unpaired) electrons. The Kier molecular flexibility index (Phi) is 14.1. The first kappa shape index (κ1) is 53.7. The number of carbonyl (C=O) groups excluding carboxylic acids is 1. The first-order valence-corrected chi connectivity index (χ1v) is 30.9. The van der Waals surface area contributed by atoms with Gasteiger partial charge in [0.25, 0.3) is 21.6 Å². The van der Waals surface area contributed by atoms with Gasteiger partial charge in [-0.25, -0.2) is 18.1 Å². The molecule has 21 nitrogen and oxygen atoms in total. The van der Waals surface area contributed by atoms with Crippen LogP contribution in [0.1, 0.15) is 86.3 Å². The zero-order valence-corrected chi connectivity index (χ0v) is 47.6. The van der Waals surface area contributed by atoms with Crippen molar-refractivity contribution in [2.75, 3.05) is 87.5 Å². The van der Waals surface area contributed by atoms with Crippen LogP contribution in [0.25, 0.3) is 11.0 Å². The number of piperidine rings is 1. The van der Waals surface area contributed by atoms with Gasteiger partial charge in [0.1, 0.15) is 36.4 Å². The quantitative estimate of drug-likeness (QED) is 0.0775. The number of carbonyl (C=O) groups is 1. The summed E-state index contributed by atoms with van der Waals surface area (Å²) in [4.78, 5) is 48.9. The number of rotatable bonds is 12. The summed E-state index contributed by atoms with van der Waals surface area (Å²) in [6.45, 7) is 11.2. The highest BCUT2D eigenvalue weighted by atomic mass is 32.2. The van der Waals surface area contributed by atoms with E-state index in [4.69, 9.17) is 33.4 Å². The van der Waals surface area contributed by atoms with Crippen LogP contribution in [0.2, 0.25) is 0 Å². The molecule has 5 fully saturated rings. The van der Waals surface area contributed by atoms with Crippen molar-refractivity contribution in [3.05, 3.63) is 118 Å². The van der Waals surface area contributed by atoms with E-state index in [0.29, 0.717) is 61.8 Å². The third kappa shape index (κ3) is 10.2. The van der Waals surface area contributed by atoms with Gasteiger partial charge in [0.15, 0.2) is 11.4 Å². The number of aromatic amines is 1. The molecule has 8 aliphatic rings. The van der Waals surface area contributed by atoms with Gasteiger partial charge >= 0.3 is 0 Å². The minimum absolute atomic E-state index is 0.0243. The van der Waals surface area contributed by atoms with E-state index in [-0.39, 0.29) is 71.8 Å². The summed E-state index contributed by atoms with van der Waals surface area (Å²) in [5.74, 6) is 1.33. The number of nitrogens with one attached hydrogen (secondary N) is 3. The molecule has 22 heteroatoms. The number of nitro benzene ring substituents is 1. The van der Waals surface area contributed by atoms with Gasteiger partial charge in [-0.2, -0.15) is 4.98 Å². The van der Waals surface area contributed by atoms with E-state index < -0.39 is 37.5 Å². The standard InChI is InChI=1S/C61H70N10O11S/c1-37(2)81-53-8-4-3-7-45(53)52-33-68(42-26-40-6-5-17-63-59(40)80-34-42)21-22-69(52)43-31-61(32-43)15-19-67(20-16-61)41-9-10-46(49(28-41)70-48-14-25-78-36-55(48)82-60-51(70)27-39-11-18-62-57(39)65-60)58(72)66-83(75,76)44-29-50(71(73)74)56-54(30-44)79-35-47(64-56)38-12-23-77-24-13-38/h3-11,17-18,27-30,37-38,42-43,47-48,52,55,64H,12-16,19-26,31-36H2,1-2H3,(H,62,65)(H,66,72)/t42-,47-,48-,52-,55-/m0/s1. The summed E-state index contributed by atoms with van der Waals surface area (Å²) < 4.78 is 68.1. The summed E-state index contributed by atoms with van der Waals surface area (Å²) in [5.41, 5.74) is 4.94. The minimum atomic E-state index is -4.72. The average Bonchev–Trinajstić information content (AvgIpc) is 4.07. The lowest BCUT2D eigenvalue weighted by Crippen LogP contribution is -2.61. The monoisotopic (exact) mass is 1150 g/mol. The summed E-state index contributed by atoms with van der Waals surface area (Å²) in [5, 5.41) is 16.7. The van der Waals surface area contributed by atoms with Crippen LogP contribution in [-0.4, -0.2) is 153 Å². The number of nitrogens with zero attached hydrogens (tertiary/aromatic N) is 7. The van der Waals surface area contributed by atoms with Crippen molar-refractivity contribution in [1.82, 2.24) is 29.5 Å². The van der Waals surface area contributed by atoms with Gasteiger partial charge in [0.05, 0.1) is 51.9 Å². The number of hydrogen-bond donors (Lipinski definition) is 3. The van der Waals surface area contributed by atoms with Crippen LogP contribution < -0.4 is 38.8 Å². The fourth-order valence-corrected chi connectivity index (χ4v) is 15.4. The Morgan fingerprint density at radius 1 is 0.880 bits per heavy atom. The van der Waals surface area contributed by atoms with Crippen molar-refractivity contribution < 1.29 is 46.6 Å². The fraction of sp³-hybridized carbons (Fsp3) is 0.492. The lowest BCUT2D eigenvalue weighted by molar-refractivity contribution is -0.384. The number of pyridine rings is 2. The highest BCUT2D eigenvalue weighted by Gasteiger charge is 2.51. The Morgan fingerprint density at radius 2 is 1.71 bits per heavy atom. The van der Waals surface area contributed by atoms with Crippen molar-refractivity contribution >= 4 is 55.4 Å². The van der Waals surface area contributed by atoms with E-state index in [1.54, 1.807) is 12.3 Å². The molecule has 1 aliphatic carbocycles. The first-order valence-electron chi connectivity index (χ1n) is 29.4. The predicted molar refractivity (Wildman–Crippen MR) is 310 cm³/mol. The maximum atomic E-state index is 15.0. The van der Waals surface area contributed by atoms with E-state index in [9.17, 15) is 23.3 Å². The molecular formula is C61H70N10O11S. The Balaban J connectivity index is 0.735. The molecule has 1 saturated carbocycles. The van der Waals surface area contributed by atoms with Crippen molar-refractivity contribution in [1.29, 1.82) is 0 Å². The molecular weight excluding hydrogens is 1080 g/mol. The van der Waals surface area contributed by atoms with Crippen molar-refractivity contribution in [3.8, 4) is 23.3 Å². The van der Waals surface area contributed by atoms with Gasteiger partial charge in [-0.15, -0.1) is 0 Å². The summed E-state index contributed by atoms with van der Waals surface area (Å²) >= 11 is 0. The van der Waals surface area contributed by atoms with Gasteiger partial charge < -0.3 is 48.5 Å². The number of sulfonamides is 1. The van der Waals surface area contributed by atoms with Crippen molar-refractivity contribution in [3.63, 3.8) is 0 Å². The van der Waals surface area contributed by atoms with E-state index >= 15 is 0 Å². The van der Waals surface area contributed by atoms with Crippen LogP contribution in [0.4, 0.5) is 28.4 Å². The minimum Gasteiger partial charge on any atom is -0.491 e. The number of amides is 1. The topological polar surface area (TPSA) is 228 Å². The zero-order chi connectivity index (χ0) is 56.6. The van der Waals surface area contributed by atoms with Gasteiger partial charge in [0.2, 0.25) is 11.8 Å². The molecule has 0 unspecified atom stereocenters. The highest BCUT2D eigenvalue weighted by molar-refractivity contribution is 7.90. The molecule has 14 rings (SSSR count). The van der Waals surface area contributed by atoms with Crippen LogP contribution in [0.15, 0.2) is 96.2 Å². The molecule has 3 N–H and O–H groups in total. The lowest BCUT2D eigenvalue weighted by Gasteiger charge is -2.58. The fourth-order valence-electron chi connectivity index (χ4n) is 14.4. The van der Waals surface area contributed by atoms with E-state index in [1.807, 2.05) is 36.5 Å². The molecule has 4 saturated heterocycles. The Morgan fingerprint density at radius 3 is 2.54 bits per heavy atom. The van der Waals surface area contributed by atoms with E-state index in [1.165, 1.54) is 11.6 Å². The van der Waals surface area contributed by atoms with Gasteiger partial charge in [-0.1, -0.05) is 24.3 Å². The summed E-state index contributed by atoms with van der Waals surface area (Å²) in [6.07, 6.45) is 10.4. The van der Waals surface area contributed by atoms with Crippen LogP contribution in [0.5, 0.6) is 23.3 Å². The molecule has 83 heavy (non-hydrogen) atoms. The number of anilines is 4. The lowest BCUT2D eigenvalue weighted by atomic mass is 9.59. The molecule has 436 valence electrons. The van der Waals surface area contributed by atoms with Crippen LogP contribution in [0.3, 0.4) is 0 Å². The second-order valence-corrected chi connectivity index (χ2v) is 25.7. The number of ether oxygens (including phenoxy) is 6. The summed E-state index contributed by atoms with van der Waals surface area (Å²) in [7, 11) is -4.72.